The van der Waals surface area contributed by atoms with Crippen LogP contribution in [0.25, 0.3) is 0 Å². The number of benzene rings is 1. The van der Waals surface area contributed by atoms with Crippen molar-refractivity contribution in [2.45, 2.75) is 12.5 Å². The van der Waals surface area contributed by atoms with Crippen molar-refractivity contribution in [2.24, 2.45) is 0 Å². The zero-order valence-corrected chi connectivity index (χ0v) is 9.93. The molecule has 0 spiro atoms. The minimum absolute atomic E-state index is 0.464. The number of aliphatic hydroxyl groups excluding tert-OH is 1. The second kappa shape index (κ2) is 5.17. The van der Waals surface area contributed by atoms with Gasteiger partial charge in [-0.2, -0.15) is 0 Å². The molecule has 0 fully saturated rings. The monoisotopic (exact) mass is 248 g/mol. The first-order chi connectivity index (χ1) is 8.16. The molecule has 3 N–H and O–H groups in total. The lowest BCUT2D eigenvalue weighted by molar-refractivity contribution is 0.178. The quantitative estimate of drug-likeness (QED) is 0.821. The van der Waals surface area contributed by atoms with Crippen LogP contribution in [0.15, 0.2) is 42.7 Å². The first-order valence-corrected chi connectivity index (χ1v) is 5.66. The summed E-state index contributed by atoms with van der Waals surface area (Å²) in [5.41, 5.74) is 7.98. The molecule has 1 aromatic carbocycles. The molecule has 1 atom stereocenters. The number of aliphatic hydroxyl groups is 1. The van der Waals surface area contributed by atoms with Crippen molar-refractivity contribution in [3.05, 3.63) is 58.9 Å². The summed E-state index contributed by atoms with van der Waals surface area (Å²) in [6, 6.07) is 8.98. The molecule has 2 rings (SSSR count). The van der Waals surface area contributed by atoms with Crippen molar-refractivity contribution in [3.8, 4) is 0 Å². The van der Waals surface area contributed by atoms with E-state index in [1.165, 1.54) is 0 Å². The van der Waals surface area contributed by atoms with Gasteiger partial charge in [-0.1, -0.05) is 23.7 Å². The summed E-state index contributed by atoms with van der Waals surface area (Å²) in [7, 11) is 0. The van der Waals surface area contributed by atoms with Gasteiger partial charge < -0.3 is 10.8 Å². The Morgan fingerprint density at radius 1 is 1.24 bits per heavy atom. The second-order valence-electron chi connectivity index (χ2n) is 3.85. The van der Waals surface area contributed by atoms with Gasteiger partial charge in [-0.05, 0) is 29.3 Å². The number of nitrogens with two attached hydrogens (primary N) is 1. The number of anilines is 1. The molecule has 0 amide bonds. The van der Waals surface area contributed by atoms with Gasteiger partial charge in [0.1, 0.15) is 0 Å². The molecule has 4 heteroatoms. The van der Waals surface area contributed by atoms with Crippen LogP contribution in [0.3, 0.4) is 0 Å². The molecule has 1 unspecified atom stereocenters. The van der Waals surface area contributed by atoms with E-state index in [2.05, 4.69) is 4.98 Å². The molecule has 1 heterocycles. The van der Waals surface area contributed by atoms with Crippen LogP contribution >= 0.6 is 11.6 Å². The molecule has 0 saturated carbocycles. The summed E-state index contributed by atoms with van der Waals surface area (Å²) < 4.78 is 0. The molecule has 0 aliphatic heterocycles. The Kier molecular flexibility index (Phi) is 3.61. The van der Waals surface area contributed by atoms with E-state index in [4.69, 9.17) is 17.3 Å². The molecule has 88 valence electrons. The van der Waals surface area contributed by atoms with Crippen LogP contribution in [0, 0.1) is 0 Å². The summed E-state index contributed by atoms with van der Waals surface area (Å²) in [6.07, 6.45) is 3.12. The fourth-order valence-corrected chi connectivity index (χ4v) is 1.81. The zero-order chi connectivity index (χ0) is 12.3. The van der Waals surface area contributed by atoms with Gasteiger partial charge >= 0.3 is 0 Å². The lowest BCUT2D eigenvalue weighted by Gasteiger charge is -2.12. The molecule has 3 nitrogen and oxygen atoms in total. The SMILES string of the molecule is Nc1ccc(C(O)Cc2ccncc2Cl)cc1. The van der Waals surface area contributed by atoms with Gasteiger partial charge in [-0.25, -0.2) is 0 Å². The smallest absolute Gasteiger partial charge is 0.0830 e. The van der Waals surface area contributed by atoms with E-state index >= 15 is 0 Å². The molecule has 2 aromatic rings. The third-order valence-electron chi connectivity index (χ3n) is 2.59. The molecule has 1 aromatic heterocycles. The van der Waals surface area contributed by atoms with Crippen LogP contribution < -0.4 is 5.73 Å². The maximum Gasteiger partial charge on any atom is 0.0830 e. The topological polar surface area (TPSA) is 59.1 Å². The van der Waals surface area contributed by atoms with Gasteiger partial charge in [0, 0.05) is 24.5 Å². The summed E-state index contributed by atoms with van der Waals surface area (Å²) in [4.78, 5) is 3.91. The first-order valence-electron chi connectivity index (χ1n) is 5.28. The van der Waals surface area contributed by atoms with Gasteiger partial charge in [0.25, 0.3) is 0 Å². The van der Waals surface area contributed by atoms with Crippen molar-refractivity contribution < 1.29 is 5.11 Å². The van der Waals surface area contributed by atoms with Gasteiger partial charge in [-0.15, -0.1) is 0 Å². The summed E-state index contributed by atoms with van der Waals surface area (Å²) in [5, 5.41) is 10.6. The highest BCUT2D eigenvalue weighted by atomic mass is 35.5. The van der Waals surface area contributed by atoms with Crippen molar-refractivity contribution in [2.75, 3.05) is 5.73 Å². The molecular formula is C13H13ClN2O. The Morgan fingerprint density at radius 2 is 1.94 bits per heavy atom. The number of rotatable bonds is 3. The Morgan fingerprint density at radius 3 is 2.59 bits per heavy atom. The van der Waals surface area contributed by atoms with Crippen molar-refractivity contribution in [1.29, 1.82) is 0 Å². The summed E-state index contributed by atoms with van der Waals surface area (Å²) >= 11 is 5.99. The van der Waals surface area contributed by atoms with E-state index in [-0.39, 0.29) is 0 Å². The Bertz CT molecular complexity index is 499. The zero-order valence-electron chi connectivity index (χ0n) is 9.18. The number of aromatic nitrogens is 1. The minimum atomic E-state index is -0.588. The number of hydrogen-bond donors (Lipinski definition) is 2. The minimum Gasteiger partial charge on any atom is -0.399 e. The summed E-state index contributed by atoms with van der Waals surface area (Å²) in [6.45, 7) is 0. The molecule has 0 aliphatic rings. The maximum atomic E-state index is 10.1. The average molecular weight is 249 g/mol. The molecule has 0 aliphatic carbocycles. The largest absolute Gasteiger partial charge is 0.399 e. The number of nitrogen functional groups attached to an aromatic ring is 1. The normalized spacial score (nSPS) is 12.4. The highest BCUT2D eigenvalue weighted by Crippen LogP contribution is 2.23. The fourth-order valence-electron chi connectivity index (χ4n) is 1.61. The van der Waals surface area contributed by atoms with Crippen LogP contribution in [0.4, 0.5) is 5.69 Å². The predicted octanol–water partition coefficient (Wildman–Crippen LogP) is 2.59. The molecule has 17 heavy (non-hydrogen) atoms. The lowest BCUT2D eigenvalue weighted by Crippen LogP contribution is -2.02. The van der Waals surface area contributed by atoms with Gasteiger partial charge in [0.2, 0.25) is 0 Å². The number of halogens is 1. The highest BCUT2D eigenvalue weighted by molar-refractivity contribution is 6.31. The molecule has 0 bridgehead atoms. The standard InChI is InChI=1S/C13H13ClN2O/c14-12-8-16-6-5-10(12)7-13(17)9-1-3-11(15)4-2-9/h1-6,8,13,17H,7,15H2. The van der Waals surface area contributed by atoms with Crippen molar-refractivity contribution >= 4 is 17.3 Å². The number of nitrogens with zero attached hydrogens (tertiary/aromatic N) is 1. The Labute approximate surface area is 105 Å². The Hall–Kier alpha value is -1.58. The molecule has 0 radical (unpaired) electrons. The van der Waals surface area contributed by atoms with Crippen LogP contribution in [0.2, 0.25) is 5.02 Å². The second-order valence-corrected chi connectivity index (χ2v) is 4.26. The van der Waals surface area contributed by atoms with E-state index in [0.717, 1.165) is 11.1 Å². The van der Waals surface area contributed by atoms with Crippen molar-refractivity contribution in [1.82, 2.24) is 4.98 Å². The van der Waals surface area contributed by atoms with Gasteiger partial charge in [-0.3, -0.25) is 4.98 Å². The predicted molar refractivity (Wildman–Crippen MR) is 68.8 cm³/mol. The van der Waals surface area contributed by atoms with E-state index in [0.29, 0.717) is 17.1 Å². The van der Waals surface area contributed by atoms with Crippen molar-refractivity contribution in [3.63, 3.8) is 0 Å². The van der Waals surface area contributed by atoms with Gasteiger partial charge in [0.15, 0.2) is 0 Å². The first kappa shape index (κ1) is 11.9. The van der Waals surface area contributed by atoms with E-state index in [1.807, 2.05) is 18.2 Å². The van der Waals surface area contributed by atoms with Crippen LogP contribution in [0.1, 0.15) is 17.2 Å². The average Bonchev–Trinajstić information content (AvgIpc) is 2.33. The summed E-state index contributed by atoms with van der Waals surface area (Å²) in [5.74, 6) is 0. The third kappa shape index (κ3) is 2.96. The molecule has 0 saturated heterocycles. The maximum absolute atomic E-state index is 10.1. The van der Waals surface area contributed by atoms with Gasteiger partial charge in [0.05, 0.1) is 11.1 Å². The van der Waals surface area contributed by atoms with E-state index in [1.54, 1.807) is 24.5 Å². The third-order valence-corrected chi connectivity index (χ3v) is 2.93. The lowest BCUT2D eigenvalue weighted by atomic mass is 10.0. The molecular weight excluding hydrogens is 236 g/mol. The highest BCUT2D eigenvalue weighted by Gasteiger charge is 2.10. The van der Waals surface area contributed by atoms with Crippen LogP contribution in [-0.4, -0.2) is 10.1 Å². The number of pyridine rings is 1. The van der Waals surface area contributed by atoms with E-state index < -0.39 is 6.10 Å². The van der Waals surface area contributed by atoms with E-state index in [9.17, 15) is 5.11 Å². The van der Waals surface area contributed by atoms with Crippen LogP contribution in [-0.2, 0) is 6.42 Å². The number of hydrogen-bond acceptors (Lipinski definition) is 3. The Balaban J connectivity index is 2.14. The van der Waals surface area contributed by atoms with Crippen LogP contribution in [0.5, 0.6) is 0 Å². The fraction of sp³-hybridized carbons (Fsp3) is 0.154.